The van der Waals surface area contributed by atoms with Crippen molar-refractivity contribution in [3.8, 4) is 6.07 Å². The fraction of sp³-hybridized carbons (Fsp3) is 0.350. The van der Waals surface area contributed by atoms with E-state index in [1.807, 2.05) is 24.5 Å². The predicted molar refractivity (Wildman–Crippen MR) is 96.8 cm³/mol. The Morgan fingerprint density at radius 2 is 2.04 bits per heavy atom. The third-order valence-electron chi connectivity index (χ3n) is 5.41. The number of carbonyl (C=O) groups excluding carboxylic acids is 1. The number of nitrogens with zero attached hydrogens (tertiary/aromatic N) is 2. The molecule has 2 heterocycles. The van der Waals surface area contributed by atoms with Gasteiger partial charge in [0.1, 0.15) is 0 Å². The van der Waals surface area contributed by atoms with E-state index in [0.717, 1.165) is 19.3 Å². The zero-order valence-electron chi connectivity index (χ0n) is 14.4. The second-order valence-electron chi connectivity index (χ2n) is 6.99. The number of amides is 1. The molecular weight excluding hydrogens is 326 g/mol. The van der Waals surface area contributed by atoms with E-state index in [1.54, 1.807) is 24.3 Å². The number of rotatable bonds is 3. The summed E-state index contributed by atoms with van der Waals surface area (Å²) in [5.74, 6) is 0.312. The molecule has 4 atom stereocenters. The topological polar surface area (TPSA) is 89.8 Å². The number of benzene rings is 1. The zero-order valence-corrected chi connectivity index (χ0v) is 14.4. The molecule has 6 nitrogen and oxygen atoms in total. The molecule has 1 aromatic heterocycles. The molecule has 132 valence electrons. The van der Waals surface area contributed by atoms with Crippen LogP contribution >= 0.6 is 0 Å². The molecule has 1 saturated heterocycles. The Kier molecular flexibility index (Phi) is 4.65. The largest absolute Gasteiger partial charge is 0.349 e. The third-order valence-corrected chi connectivity index (χ3v) is 5.41. The maximum Gasteiger partial charge on any atom is 0.251 e. The van der Waals surface area contributed by atoms with Gasteiger partial charge in [-0.2, -0.15) is 5.26 Å². The third kappa shape index (κ3) is 3.32. The van der Waals surface area contributed by atoms with Gasteiger partial charge in [0, 0.05) is 30.0 Å². The summed E-state index contributed by atoms with van der Waals surface area (Å²) in [6.45, 7) is 0. The van der Waals surface area contributed by atoms with Crippen LogP contribution in [-0.2, 0) is 0 Å². The van der Waals surface area contributed by atoms with Crippen LogP contribution in [0.15, 0.2) is 48.8 Å². The lowest BCUT2D eigenvalue weighted by Gasteiger charge is -2.33. The van der Waals surface area contributed by atoms with E-state index in [-0.39, 0.29) is 18.0 Å². The first-order valence-electron chi connectivity index (χ1n) is 8.96. The van der Waals surface area contributed by atoms with Crippen molar-refractivity contribution in [1.82, 2.24) is 21.2 Å². The first kappa shape index (κ1) is 16.7. The van der Waals surface area contributed by atoms with Crippen molar-refractivity contribution >= 4 is 5.91 Å². The normalized spacial score (nSPS) is 27.3. The minimum Gasteiger partial charge on any atom is -0.349 e. The lowest BCUT2D eigenvalue weighted by molar-refractivity contribution is 0.0915. The lowest BCUT2D eigenvalue weighted by atomic mass is 9.77. The van der Waals surface area contributed by atoms with E-state index < -0.39 is 0 Å². The summed E-state index contributed by atoms with van der Waals surface area (Å²) in [4.78, 5) is 16.7. The van der Waals surface area contributed by atoms with Gasteiger partial charge in [-0.3, -0.25) is 15.2 Å². The van der Waals surface area contributed by atoms with Crippen molar-refractivity contribution in [1.29, 1.82) is 5.26 Å². The highest BCUT2D eigenvalue weighted by Crippen LogP contribution is 2.37. The number of hydrogen-bond acceptors (Lipinski definition) is 5. The van der Waals surface area contributed by atoms with Crippen LogP contribution in [-0.4, -0.2) is 23.0 Å². The summed E-state index contributed by atoms with van der Waals surface area (Å²) in [5.41, 5.74) is 9.08. The van der Waals surface area contributed by atoms with Gasteiger partial charge in [0.2, 0.25) is 0 Å². The summed E-state index contributed by atoms with van der Waals surface area (Å²) >= 11 is 0. The molecule has 0 bridgehead atoms. The smallest absolute Gasteiger partial charge is 0.251 e. The molecule has 2 fully saturated rings. The number of hydrogen-bond donors (Lipinski definition) is 3. The second-order valence-corrected chi connectivity index (χ2v) is 6.99. The minimum absolute atomic E-state index is 0.107. The fourth-order valence-corrected chi connectivity index (χ4v) is 4.09. The summed E-state index contributed by atoms with van der Waals surface area (Å²) in [6, 6.07) is 13.8. The van der Waals surface area contributed by atoms with E-state index in [4.69, 9.17) is 5.26 Å². The number of aromatic nitrogens is 1. The van der Waals surface area contributed by atoms with Gasteiger partial charge in [0.25, 0.3) is 5.91 Å². The van der Waals surface area contributed by atoms with Crippen LogP contribution in [0.2, 0.25) is 0 Å². The van der Waals surface area contributed by atoms with Gasteiger partial charge in [0.05, 0.1) is 17.7 Å². The number of fused-ring (bicyclic) bond motifs is 1. The Labute approximate surface area is 152 Å². The van der Waals surface area contributed by atoms with Gasteiger partial charge in [-0.1, -0.05) is 6.07 Å². The van der Waals surface area contributed by atoms with Gasteiger partial charge in [-0.15, -0.1) is 0 Å². The molecule has 1 aromatic carbocycles. The number of nitrogens with one attached hydrogen (secondary N) is 3. The highest BCUT2D eigenvalue weighted by molar-refractivity contribution is 5.94. The highest BCUT2D eigenvalue weighted by atomic mass is 16.1. The Morgan fingerprint density at radius 3 is 2.85 bits per heavy atom. The minimum atomic E-state index is -0.107. The molecule has 6 heteroatoms. The predicted octanol–water partition coefficient (Wildman–Crippen LogP) is 2.07. The molecule has 1 aliphatic heterocycles. The molecule has 4 rings (SSSR count). The van der Waals surface area contributed by atoms with Gasteiger partial charge >= 0.3 is 0 Å². The van der Waals surface area contributed by atoms with E-state index in [2.05, 4.69) is 27.2 Å². The number of hydrazine groups is 1. The molecule has 4 unspecified atom stereocenters. The Morgan fingerprint density at radius 1 is 1.19 bits per heavy atom. The summed E-state index contributed by atoms with van der Waals surface area (Å²) in [7, 11) is 0. The zero-order chi connectivity index (χ0) is 17.9. The lowest BCUT2D eigenvalue weighted by Crippen LogP contribution is -2.44. The van der Waals surface area contributed by atoms with E-state index in [0.29, 0.717) is 23.1 Å². The van der Waals surface area contributed by atoms with Crippen LogP contribution in [0.4, 0.5) is 0 Å². The average molecular weight is 347 g/mol. The van der Waals surface area contributed by atoms with Crippen molar-refractivity contribution in [2.24, 2.45) is 5.92 Å². The van der Waals surface area contributed by atoms with E-state index >= 15 is 0 Å². The molecule has 1 amide bonds. The maximum absolute atomic E-state index is 12.6. The standard InChI is InChI=1S/C20H21N5O/c21-12-13-2-1-3-15(10-13)20(26)23-16-4-5-18-17(11-16)19(25-24-18)14-6-8-22-9-7-14/h1-3,6-10,16-19,24-25H,4-5,11H2,(H,23,26). The SMILES string of the molecule is N#Cc1cccc(C(=O)NC2CCC3NNC(c4ccncc4)C3C2)c1. The van der Waals surface area contributed by atoms with Crippen LogP contribution in [0, 0.1) is 17.2 Å². The molecule has 0 radical (unpaired) electrons. The average Bonchev–Trinajstić information content (AvgIpc) is 3.12. The first-order valence-corrected chi connectivity index (χ1v) is 8.96. The second kappa shape index (κ2) is 7.24. The molecule has 0 spiro atoms. The molecule has 3 N–H and O–H groups in total. The van der Waals surface area contributed by atoms with E-state index in [9.17, 15) is 4.79 Å². The summed E-state index contributed by atoms with van der Waals surface area (Å²) < 4.78 is 0. The Bertz CT molecular complexity index is 832. The number of carbonyl (C=O) groups is 1. The van der Waals surface area contributed by atoms with Crippen LogP contribution in [0.5, 0.6) is 0 Å². The van der Waals surface area contributed by atoms with Gasteiger partial charge in [0.15, 0.2) is 0 Å². The molecule has 2 aliphatic rings. The summed E-state index contributed by atoms with van der Waals surface area (Å²) in [5, 5.41) is 12.2. The van der Waals surface area contributed by atoms with Crippen LogP contribution in [0.25, 0.3) is 0 Å². The number of pyridine rings is 1. The van der Waals surface area contributed by atoms with Crippen molar-refractivity contribution in [2.75, 3.05) is 0 Å². The van der Waals surface area contributed by atoms with Crippen molar-refractivity contribution in [3.05, 3.63) is 65.5 Å². The van der Waals surface area contributed by atoms with Gasteiger partial charge < -0.3 is 5.32 Å². The van der Waals surface area contributed by atoms with Crippen LogP contribution in [0.3, 0.4) is 0 Å². The highest BCUT2D eigenvalue weighted by Gasteiger charge is 2.41. The van der Waals surface area contributed by atoms with Crippen LogP contribution in [0.1, 0.15) is 46.8 Å². The Balaban J connectivity index is 1.44. The summed E-state index contributed by atoms with van der Waals surface area (Å²) in [6.07, 6.45) is 6.51. The monoisotopic (exact) mass is 347 g/mol. The Hall–Kier alpha value is -2.75. The molecule has 1 saturated carbocycles. The molecular formula is C20H21N5O. The van der Waals surface area contributed by atoms with Crippen molar-refractivity contribution < 1.29 is 4.79 Å². The van der Waals surface area contributed by atoms with Gasteiger partial charge in [-0.25, -0.2) is 5.43 Å². The molecule has 26 heavy (non-hydrogen) atoms. The maximum atomic E-state index is 12.6. The molecule has 1 aliphatic carbocycles. The van der Waals surface area contributed by atoms with Crippen molar-refractivity contribution in [3.63, 3.8) is 0 Å². The van der Waals surface area contributed by atoms with E-state index in [1.165, 1.54) is 5.56 Å². The van der Waals surface area contributed by atoms with Crippen LogP contribution < -0.4 is 16.2 Å². The fourth-order valence-electron chi connectivity index (χ4n) is 4.09. The van der Waals surface area contributed by atoms with Gasteiger partial charge in [-0.05, 0) is 61.1 Å². The quantitative estimate of drug-likeness (QED) is 0.791. The first-order chi connectivity index (χ1) is 12.7. The number of nitriles is 1. The molecule has 2 aromatic rings. The van der Waals surface area contributed by atoms with Crippen molar-refractivity contribution in [2.45, 2.75) is 37.4 Å².